The summed E-state index contributed by atoms with van der Waals surface area (Å²) in [4.78, 5) is 0. The van der Waals surface area contributed by atoms with Crippen LogP contribution >= 0.6 is 15.9 Å². The number of halogens is 1. The van der Waals surface area contributed by atoms with Crippen molar-refractivity contribution in [3.8, 4) is 22.3 Å². The average molecular weight is 467 g/mol. The van der Waals surface area contributed by atoms with Crippen LogP contribution in [0.2, 0.25) is 0 Å². The predicted octanol–water partition coefficient (Wildman–Crippen LogP) is 9.24. The molecule has 0 aromatic heterocycles. The highest BCUT2D eigenvalue weighted by Gasteiger charge is 2.18. The van der Waals surface area contributed by atoms with Gasteiger partial charge in [0.1, 0.15) is 0 Å². The highest BCUT2D eigenvalue weighted by Crippen LogP contribution is 2.46. The van der Waals surface area contributed by atoms with E-state index in [1.807, 2.05) is 66.7 Å². The molecule has 0 amide bonds. The van der Waals surface area contributed by atoms with Gasteiger partial charge in [-0.15, -0.1) is 0 Å². The van der Waals surface area contributed by atoms with Crippen molar-refractivity contribution < 1.29 is 11.0 Å². The molecule has 0 N–H and O–H groups in total. The summed E-state index contributed by atoms with van der Waals surface area (Å²) in [6, 6.07) is 18.5. The monoisotopic (exact) mass is 466 g/mol. The van der Waals surface area contributed by atoms with E-state index in [-0.39, 0.29) is 50.2 Å². The van der Waals surface area contributed by atoms with Crippen LogP contribution in [0.3, 0.4) is 0 Å². The van der Waals surface area contributed by atoms with Crippen LogP contribution in [0.25, 0.3) is 54.6 Å². The maximum absolute atomic E-state index is 8.94. The van der Waals surface area contributed by atoms with Crippen LogP contribution in [-0.2, 0) is 0 Å². The molecule has 1 heteroatoms. The Morgan fingerprint density at radius 2 is 1.10 bits per heavy atom. The molecule has 0 fully saturated rings. The second-order valence-electron chi connectivity index (χ2n) is 7.26. The molecule has 0 saturated carbocycles. The van der Waals surface area contributed by atoms with E-state index in [0.717, 1.165) is 21.9 Å². The Bertz CT molecular complexity index is 1920. The van der Waals surface area contributed by atoms with Crippen molar-refractivity contribution in [2.75, 3.05) is 0 Å². The van der Waals surface area contributed by atoms with E-state index < -0.39 is 24.2 Å². The minimum absolute atomic E-state index is 0.167. The van der Waals surface area contributed by atoms with Crippen molar-refractivity contribution in [2.45, 2.75) is 0 Å². The van der Waals surface area contributed by atoms with Gasteiger partial charge in [0.2, 0.25) is 0 Å². The number of rotatable bonds is 2. The predicted molar refractivity (Wildman–Crippen MR) is 138 cm³/mol. The zero-order chi connectivity index (χ0) is 27.7. The molecule has 0 bridgehead atoms. The number of hydrogen-bond acceptors (Lipinski definition) is 0. The van der Waals surface area contributed by atoms with Gasteiger partial charge in [0.25, 0.3) is 0 Å². The van der Waals surface area contributed by atoms with Gasteiger partial charge in [0.15, 0.2) is 0 Å². The zero-order valence-corrected chi connectivity index (χ0v) is 17.8. The molecule has 0 nitrogen and oxygen atoms in total. The van der Waals surface area contributed by atoms with Crippen LogP contribution in [-0.4, -0.2) is 0 Å². The largest absolute Gasteiger partial charge is 0.0630 e. The highest BCUT2D eigenvalue weighted by molar-refractivity contribution is 9.10. The van der Waals surface area contributed by atoms with Crippen LogP contribution in [0.15, 0.2) is 120 Å². The third kappa shape index (κ3) is 2.89. The van der Waals surface area contributed by atoms with Gasteiger partial charge >= 0.3 is 0 Å². The van der Waals surface area contributed by atoms with Crippen molar-refractivity contribution in [1.29, 1.82) is 0 Å². The first-order valence-electron chi connectivity index (χ1n) is 13.8. The topological polar surface area (TPSA) is 0 Å². The maximum atomic E-state index is 8.94. The molecule has 0 aliphatic heterocycles. The lowest BCUT2D eigenvalue weighted by Gasteiger charge is -2.19. The van der Waals surface area contributed by atoms with E-state index >= 15 is 0 Å². The van der Waals surface area contributed by atoms with E-state index in [0.29, 0.717) is 11.1 Å². The molecular weight excluding hydrogens is 440 g/mol. The quantitative estimate of drug-likeness (QED) is 0.223. The lowest BCUT2D eigenvalue weighted by Crippen LogP contribution is -1.92. The third-order valence-electron chi connectivity index (χ3n) is 5.57. The number of benzene rings is 6. The Kier molecular flexibility index (Phi) is 2.81. The highest BCUT2D eigenvalue weighted by atomic mass is 79.9. The Morgan fingerprint density at radius 3 is 1.77 bits per heavy atom. The minimum atomic E-state index is -0.416. The molecule has 6 rings (SSSR count). The van der Waals surface area contributed by atoms with Gasteiger partial charge in [-0.1, -0.05) is 115 Å². The summed E-state index contributed by atoms with van der Waals surface area (Å²) in [5.74, 6) is 0. The third-order valence-corrected chi connectivity index (χ3v) is 6.37. The van der Waals surface area contributed by atoms with Crippen LogP contribution in [0.5, 0.6) is 0 Å². The molecule has 0 radical (unpaired) electrons. The zero-order valence-electron chi connectivity index (χ0n) is 24.2. The molecule has 146 valence electrons. The molecular formula is C30H19Br. The fraction of sp³-hybridized carbons (Fsp3) is 0. The molecule has 6 aromatic carbocycles. The molecule has 0 saturated heterocycles. The van der Waals surface area contributed by atoms with Crippen molar-refractivity contribution in [1.82, 2.24) is 0 Å². The second kappa shape index (κ2) is 7.37. The maximum Gasteiger partial charge on any atom is 0.0630 e. The van der Waals surface area contributed by atoms with Crippen LogP contribution in [0.4, 0.5) is 0 Å². The van der Waals surface area contributed by atoms with Crippen LogP contribution < -0.4 is 0 Å². The fourth-order valence-electron chi connectivity index (χ4n) is 4.24. The van der Waals surface area contributed by atoms with Gasteiger partial charge in [-0.05, 0) is 70.5 Å². The molecule has 0 atom stereocenters. The summed E-state index contributed by atoms with van der Waals surface area (Å²) in [5, 5.41) is 2.60. The van der Waals surface area contributed by atoms with Gasteiger partial charge in [-0.2, -0.15) is 0 Å². The Labute approximate surface area is 201 Å². The lowest BCUT2D eigenvalue weighted by molar-refractivity contribution is 1.63. The molecule has 0 unspecified atom stereocenters. The molecule has 6 aromatic rings. The molecule has 0 heterocycles. The lowest BCUT2D eigenvalue weighted by atomic mass is 9.85. The summed E-state index contributed by atoms with van der Waals surface area (Å²) in [6.07, 6.45) is 0. The first kappa shape index (κ1) is 11.8. The van der Waals surface area contributed by atoms with Crippen molar-refractivity contribution in [3.63, 3.8) is 0 Å². The van der Waals surface area contributed by atoms with E-state index in [1.54, 1.807) is 0 Å². The average Bonchev–Trinajstić information content (AvgIpc) is 2.96. The fourth-order valence-corrected chi connectivity index (χ4v) is 4.84. The Balaban J connectivity index is 2.00. The van der Waals surface area contributed by atoms with E-state index in [9.17, 15) is 0 Å². The van der Waals surface area contributed by atoms with Crippen molar-refractivity contribution in [2.24, 2.45) is 0 Å². The van der Waals surface area contributed by atoms with Gasteiger partial charge in [-0.25, -0.2) is 0 Å². The second-order valence-corrected chi connectivity index (χ2v) is 8.06. The summed E-state index contributed by atoms with van der Waals surface area (Å²) in [5.41, 5.74) is 2.62. The normalized spacial score (nSPS) is 15.0. The SMILES string of the molecule is [2H]c1c([2H])c([2H])c2c(-c3ccc4ccccc4c3-c3ccccc3)c3c([2H])c([2H])c([2H])c([2H])c3c(Br)c2c1[2H]. The van der Waals surface area contributed by atoms with E-state index in [2.05, 4.69) is 15.9 Å². The smallest absolute Gasteiger partial charge is 0.0622 e. The number of fused-ring (bicyclic) bond motifs is 3. The molecule has 0 aliphatic rings. The number of hydrogen-bond donors (Lipinski definition) is 0. The first-order valence-corrected chi connectivity index (χ1v) is 10.6. The summed E-state index contributed by atoms with van der Waals surface area (Å²) in [7, 11) is 0. The van der Waals surface area contributed by atoms with Gasteiger partial charge in [0, 0.05) is 4.47 Å². The van der Waals surface area contributed by atoms with E-state index in [4.69, 9.17) is 11.0 Å². The summed E-state index contributed by atoms with van der Waals surface area (Å²) >= 11 is 3.48. The molecule has 31 heavy (non-hydrogen) atoms. The van der Waals surface area contributed by atoms with Crippen molar-refractivity contribution >= 4 is 48.2 Å². The van der Waals surface area contributed by atoms with Crippen molar-refractivity contribution in [3.05, 3.63) is 120 Å². The van der Waals surface area contributed by atoms with Crippen LogP contribution in [0, 0.1) is 0 Å². The standard InChI is InChI=1S/C30H19Br/c31-30-25-16-8-6-14-23(25)29(24-15-7-9-17-26(24)30)27-19-18-20-10-4-5-13-22(20)28(27)21-11-2-1-3-12-21/h1-19H/i6D,7D,8D,9D,14D,15D,16D,17D. The van der Waals surface area contributed by atoms with Crippen LogP contribution in [0.1, 0.15) is 11.0 Å². The molecule has 0 spiro atoms. The minimum Gasteiger partial charge on any atom is -0.0622 e. The Hall–Kier alpha value is -3.42. The van der Waals surface area contributed by atoms with E-state index in [1.165, 1.54) is 0 Å². The summed E-state index contributed by atoms with van der Waals surface area (Å²) < 4.78 is 69.2. The van der Waals surface area contributed by atoms with Gasteiger partial charge in [-0.3, -0.25) is 0 Å². The Morgan fingerprint density at radius 1 is 0.516 bits per heavy atom. The molecule has 0 aliphatic carbocycles. The van der Waals surface area contributed by atoms with Gasteiger partial charge < -0.3 is 0 Å². The summed E-state index contributed by atoms with van der Waals surface area (Å²) in [6.45, 7) is 0. The van der Waals surface area contributed by atoms with Gasteiger partial charge in [0.05, 0.1) is 11.0 Å². The first-order chi connectivity index (χ1) is 18.6.